The van der Waals surface area contributed by atoms with E-state index in [4.69, 9.17) is 11.6 Å². The van der Waals surface area contributed by atoms with Crippen LogP contribution < -0.4 is 0 Å². The number of aryl methyl sites for hydroxylation is 1. The quantitative estimate of drug-likeness (QED) is 0.195. The van der Waals surface area contributed by atoms with Crippen molar-refractivity contribution in [2.45, 2.75) is 116 Å². The van der Waals surface area contributed by atoms with Crippen molar-refractivity contribution in [2.24, 2.45) is 0 Å². The van der Waals surface area contributed by atoms with Gasteiger partial charge in [0.25, 0.3) is 0 Å². The van der Waals surface area contributed by atoms with Crippen LogP contribution in [0.3, 0.4) is 0 Å². The van der Waals surface area contributed by atoms with Gasteiger partial charge in [0, 0.05) is 26.8 Å². The van der Waals surface area contributed by atoms with Crippen molar-refractivity contribution in [1.82, 2.24) is 4.98 Å². The summed E-state index contributed by atoms with van der Waals surface area (Å²) in [7, 11) is 0. The van der Waals surface area contributed by atoms with Crippen LogP contribution in [-0.2, 0) is 6.42 Å². The van der Waals surface area contributed by atoms with Crippen molar-refractivity contribution in [1.29, 1.82) is 0 Å². The van der Waals surface area contributed by atoms with Crippen LogP contribution >= 0.6 is 11.6 Å². The van der Waals surface area contributed by atoms with Gasteiger partial charge in [0.1, 0.15) is 0 Å². The smallest absolute Gasteiger partial charge is 0.0465 e. The van der Waals surface area contributed by atoms with Gasteiger partial charge in [-0.15, -0.1) is 0 Å². The van der Waals surface area contributed by atoms with Crippen LogP contribution in [0.15, 0.2) is 36.4 Å². The lowest BCUT2D eigenvalue weighted by molar-refractivity contribution is 0.529. The molecule has 3 rings (SSSR count). The van der Waals surface area contributed by atoms with E-state index in [9.17, 15) is 0 Å². The average molecular weight is 454 g/mol. The number of H-pyrrole nitrogens is 1. The predicted octanol–water partition coefficient (Wildman–Crippen LogP) is 10.8. The first-order chi connectivity index (χ1) is 15.8. The Balaban J connectivity index is 1.20. The Morgan fingerprint density at radius 1 is 0.562 bits per heavy atom. The molecule has 0 atom stereocenters. The second-order valence-electron chi connectivity index (χ2n) is 9.75. The lowest BCUT2D eigenvalue weighted by Crippen LogP contribution is -1.87. The Kier molecular flexibility index (Phi) is 11.5. The van der Waals surface area contributed by atoms with E-state index in [1.165, 1.54) is 137 Å². The molecule has 0 unspecified atom stereocenters. The molecule has 0 fully saturated rings. The number of aromatic nitrogens is 1. The standard InChI is InChI=1S/C30H44ClN/c1-2-3-4-5-6-7-8-9-10-11-12-13-14-15-16-17-18-25-19-21-29-27(23-25)28-24-26(31)20-22-30(28)32-29/h19-24,32H,2-18H2,1H3. The van der Waals surface area contributed by atoms with E-state index in [0.717, 1.165) is 5.02 Å². The van der Waals surface area contributed by atoms with E-state index in [1.54, 1.807) is 0 Å². The number of unbranched alkanes of at least 4 members (excludes halogenated alkanes) is 15. The van der Waals surface area contributed by atoms with Crippen LogP contribution in [0.2, 0.25) is 5.02 Å². The summed E-state index contributed by atoms with van der Waals surface area (Å²) in [5, 5.41) is 3.35. The number of halogens is 1. The summed E-state index contributed by atoms with van der Waals surface area (Å²) in [6.45, 7) is 2.30. The van der Waals surface area contributed by atoms with E-state index >= 15 is 0 Å². The zero-order valence-corrected chi connectivity index (χ0v) is 21.1. The highest BCUT2D eigenvalue weighted by Crippen LogP contribution is 2.29. The van der Waals surface area contributed by atoms with Gasteiger partial charge in [-0.25, -0.2) is 0 Å². The zero-order valence-electron chi connectivity index (χ0n) is 20.4. The van der Waals surface area contributed by atoms with Gasteiger partial charge in [-0.2, -0.15) is 0 Å². The normalized spacial score (nSPS) is 11.7. The molecule has 32 heavy (non-hydrogen) atoms. The molecule has 176 valence electrons. The van der Waals surface area contributed by atoms with Crippen LogP contribution in [-0.4, -0.2) is 4.98 Å². The van der Waals surface area contributed by atoms with Gasteiger partial charge in [0.2, 0.25) is 0 Å². The van der Waals surface area contributed by atoms with Gasteiger partial charge in [0.15, 0.2) is 0 Å². The maximum Gasteiger partial charge on any atom is 0.0465 e. The molecule has 3 aromatic rings. The minimum Gasteiger partial charge on any atom is -0.355 e. The van der Waals surface area contributed by atoms with E-state index in [1.807, 2.05) is 6.07 Å². The monoisotopic (exact) mass is 453 g/mol. The number of nitrogens with one attached hydrogen (secondary N) is 1. The van der Waals surface area contributed by atoms with Crippen LogP contribution in [0.5, 0.6) is 0 Å². The van der Waals surface area contributed by atoms with Crippen molar-refractivity contribution in [2.75, 3.05) is 0 Å². The van der Waals surface area contributed by atoms with E-state index in [2.05, 4.69) is 42.2 Å². The first kappa shape index (κ1) is 25.2. The van der Waals surface area contributed by atoms with E-state index in [-0.39, 0.29) is 0 Å². The third-order valence-electron chi connectivity index (χ3n) is 6.94. The summed E-state index contributed by atoms with van der Waals surface area (Å²) in [4.78, 5) is 3.50. The lowest BCUT2D eigenvalue weighted by Gasteiger charge is -2.04. The second kappa shape index (κ2) is 14.6. The molecule has 0 amide bonds. The molecular formula is C30H44ClN. The third-order valence-corrected chi connectivity index (χ3v) is 7.18. The molecule has 1 N–H and O–H groups in total. The molecule has 2 aromatic carbocycles. The number of fused-ring (bicyclic) bond motifs is 3. The molecule has 0 aliphatic rings. The van der Waals surface area contributed by atoms with Crippen molar-refractivity contribution < 1.29 is 0 Å². The third kappa shape index (κ3) is 8.47. The highest BCUT2D eigenvalue weighted by atomic mass is 35.5. The fraction of sp³-hybridized carbons (Fsp3) is 0.600. The van der Waals surface area contributed by atoms with E-state index < -0.39 is 0 Å². The summed E-state index contributed by atoms with van der Waals surface area (Å²) >= 11 is 6.21. The molecule has 2 heteroatoms. The summed E-state index contributed by atoms with van der Waals surface area (Å²) < 4.78 is 0. The summed E-state index contributed by atoms with van der Waals surface area (Å²) in [5.41, 5.74) is 3.82. The number of aromatic amines is 1. The minimum atomic E-state index is 0.807. The van der Waals surface area contributed by atoms with Crippen LogP contribution in [0.25, 0.3) is 21.8 Å². The Morgan fingerprint density at radius 3 is 1.59 bits per heavy atom. The molecule has 0 aliphatic heterocycles. The zero-order chi connectivity index (χ0) is 22.4. The van der Waals surface area contributed by atoms with Crippen molar-refractivity contribution in [3.05, 3.63) is 47.0 Å². The largest absolute Gasteiger partial charge is 0.355 e. The highest BCUT2D eigenvalue weighted by Gasteiger charge is 2.06. The number of rotatable bonds is 17. The van der Waals surface area contributed by atoms with Crippen molar-refractivity contribution in [3.63, 3.8) is 0 Å². The molecule has 0 saturated heterocycles. The van der Waals surface area contributed by atoms with Gasteiger partial charge >= 0.3 is 0 Å². The molecule has 0 saturated carbocycles. The van der Waals surface area contributed by atoms with Gasteiger partial charge < -0.3 is 4.98 Å². The first-order valence-corrected chi connectivity index (χ1v) is 13.9. The Labute approximate surface area is 201 Å². The maximum atomic E-state index is 6.21. The molecule has 1 heterocycles. The fourth-order valence-electron chi connectivity index (χ4n) is 4.95. The maximum absolute atomic E-state index is 6.21. The number of benzene rings is 2. The molecule has 0 spiro atoms. The Morgan fingerprint density at radius 2 is 1.03 bits per heavy atom. The Bertz CT molecular complexity index is 910. The van der Waals surface area contributed by atoms with Crippen LogP contribution in [0.4, 0.5) is 0 Å². The van der Waals surface area contributed by atoms with Gasteiger partial charge in [-0.05, 0) is 48.7 Å². The number of hydrogen-bond donors (Lipinski definition) is 1. The second-order valence-corrected chi connectivity index (χ2v) is 10.2. The summed E-state index contributed by atoms with van der Waals surface area (Å²) in [5.74, 6) is 0. The minimum absolute atomic E-state index is 0.807. The average Bonchev–Trinajstić information content (AvgIpc) is 3.16. The van der Waals surface area contributed by atoms with Crippen LogP contribution in [0.1, 0.15) is 115 Å². The predicted molar refractivity (Wildman–Crippen MR) is 144 cm³/mol. The molecule has 1 aromatic heterocycles. The number of hydrogen-bond acceptors (Lipinski definition) is 0. The highest BCUT2D eigenvalue weighted by molar-refractivity contribution is 6.31. The van der Waals surface area contributed by atoms with Gasteiger partial charge in [-0.3, -0.25) is 0 Å². The van der Waals surface area contributed by atoms with Crippen LogP contribution in [0, 0.1) is 0 Å². The topological polar surface area (TPSA) is 15.8 Å². The van der Waals surface area contributed by atoms with Gasteiger partial charge in [0.05, 0.1) is 0 Å². The lowest BCUT2D eigenvalue weighted by atomic mass is 10.0. The molecule has 0 aliphatic carbocycles. The summed E-state index contributed by atoms with van der Waals surface area (Å²) in [6.07, 6.45) is 24.0. The SMILES string of the molecule is CCCCCCCCCCCCCCCCCCc1ccc2[nH]c3ccc(Cl)cc3c2c1. The fourth-order valence-corrected chi connectivity index (χ4v) is 5.12. The molecule has 0 radical (unpaired) electrons. The molecule has 0 bridgehead atoms. The van der Waals surface area contributed by atoms with Crippen molar-refractivity contribution >= 4 is 33.4 Å². The van der Waals surface area contributed by atoms with Gasteiger partial charge in [-0.1, -0.05) is 121 Å². The molecule has 1 nitrogen and oxygen atoms in total. The first-order valence-electron chi connectivity index (χ1n) is 13.5. The molecular weight excluding hydrogens is 410 g/mol. The summed E-state index contributed by atoms with van der Waals surface area (Å²) in [6, 6.07) is 13.0. The van der Waals surface area contributed by atoms with Crippen molar-refractivity contribution in [3.8, 4) is 0 Å². The Hall–Kier alpha value is -1.47. The van der Waals surface area contributed by atoms with E-state index in [0.29, 0.717) is 0 Å².